The molecule has 0 saturated carbocycles. The Morgan fingerprint density at radius 2 is 1.50 bits per heavy atom. The Kier molecular flexibility index (Phi) is 5.57. The summed E-state index contributed by atoms with van der Waals surface area (Å²) in [6, 6.07) is 15.8. The number of nitrogens with zero attached hydrogens (tertiary/aromatic N) is 2. The zero-order valence-electron chi connectivity index (χ0n) is 18.8. The molecule has 4 rings (SSSR count). The van der Waals surface area contributed by atoms with Gasteiger partial charge in [0.2, 0.25) is 0 Å². The second-order valence-electron chi connectivity index (χ2n) is 8.22. The van der Waals surface area contributed by atoms with Crippen molar-refractivity contribution in [3.05, 3.63) is 87.7 Å². The predicted octanol–water partition coefficient (Wildman–Crippen LogP) is 4.85. The molecule has 5 nitrogen and oxygen atoms in total. The first-order valence-corrected chi connectivity index (χ1v) is 10.8. The number of benzene rings is 2. The Morgan fingerprint density at radius 1 is 0.844 bits per heavy atom. The summed E-state index contributed by atoms with van der Waals surface area (Å²) in [5.41, 5.74) is 8.03. The average Bonchev–Trinajstić information content (AvgIpc) is 3.01. The summed E-state index contributed by atoms with van der Waals surface area (Å²) in [6.45, 7) is 10.1. The zero-order valence-corrected chi connectivity index (χ0v) is 19.6. The second-order valence-corrected chi connectivity index (χ2v) is 8.61. The Bertz CT molecular complexity index is 1300. The lowest BCUT2D eigenvalue weighted by atomic mass is 10.1. The maximum absolute atomic E-state index is 13.3. The van der Waals surface area contributed by atoms with Crippen molar-refractivity contribution in [2.75, 3.05) is 4.90 Å². The maximum atomic E-state index is 13.3. The van der Waals surface area contributed by atoms with Crippen LogP contribution >= 0.6 is 12.2 Å². The van der Waals surface area contributed by atoms with Gasteiger partial charge in [-0.05, 0) is 99.9 Å². The number of aromatic nitrogens is 1. The number of aryl methyl sites for hydroxylation is 4. The monoisotopic (exact) mass is 443 g/mol. The van der Waals surface area contributed by atoms with Crippen LogP contribution < -0.4 is 10.2 Å². The fourth-order valence-electron chi connectivity index (χ4n) is 3.94. The molecular formula is C26H25N3O2S. The van der Waals surface area contributed by atoms with Gasteiger partial charge in [-0.15, -0.1) is 0 Å². The van der Waals surface area contributed by atoms with Gasteiger partial charge in [-0.3, -0.25) is 19.8 Å². The molecule has 0 aliphatic carbocycles. The second kappa shape index (κ2) is 8.20. The molecule has 1 aromatic heterocycles. The number of carbonyl (C=O) groups excluding carboxylic acids is 2. The van der Waals surface area contributed by atoms with Crippen molar-refractivity contribution >= 4 is 40.9 Å². The molecule has 1 fully saturated rings. The van der Waals surface area contributed by atoms with Gasteiger partial charge in [0.25, 0.3) is 11.8 Å². The summed E-state index contributed by atoms with van der Waals surface area (Å²) in [5.74, 6) is -0.919. The SMILES string of the molecule is Cc1ccc(N2C(=O)/C(=C/c3cc(C)n(-c4ccc(C)c(C)c4)c3C)C(=O)NC2=S)cc1. The fraction of sp³-hybridized carbons (Fsp3) is 0.192. The summed E-state index contributed by atoms with van der Waals surface area (Å²) in [5, 5.41) is 2.74. The number of carbonyl (C=O) groups is 2. The van der Waals surface area contributed by atoms with E-state index in [0.717, 1.165) is 28.2 Å². The van der Waals surface area contributed by atoms with E-state index in [1.807, 2.05) is 51.1 Å². The number of hydrogen-bond donors (Lipinski definition) is 1. The number of amides is 2. The van der Waals surface area contributed by atoms with Crippen molar-refractivity contribution in [1.82, 2.24) is 9.88 Å². The Balaban J connectivity index is 1.76. The van der Waals surface area contributed by atoms with Gasteiger partial charge in [-0.25, -0.2) is 0 Å². The average molecular weight is 444 g/mol. The third kappa shape index (κ3) is 3.78. The third-order valence-corrected chi connectivity index (χ3v) is 6.20. The molecule has 2 aromatic carbocycles. The molecule has 3 aromatic rings. The van der Waals surface area contributed by atoms with Gasteiger partial charge >= 0.3 is 0 Å². The highest BCUT2D eigenvalue weighted by Crippen LogP contribution is 2.27. The lowest BCUT2D eigenvalue weighted by molar-refractivity contribution is -0.122. The summed E-state index contributed by atoms with van der Waals surface area (Å²) in [4.78, 5) is 27.3. The summed E-state index contributed by atoms with van der Waals surface area (Å²) < 4.78 is 2.13. The molecule has 1 aliphatic rings. The van der Waals surface area contributed by atoms with Crippen molar-refractivity contribution in [2.24, 2.45) is 0 Å². The molecule has 0 unspecified atom stereocenters. The number of thiocarbonyl (C=S) groups is 1. The quantitative estimate of drug-likeness (QED) is 0.358. The summed E-state index contributed by atoms with van der Waals surface area (Å²) in [6.07, 6.45) is 1.65. The van der Waals surface area contributed by atoms with Gasteiger partial charge in [0, 0.05) is 17.1 Å². The minimum atomic E-state index is -0.487. The van der Waals surface area contributed by atoms with Crippen LogP contribution in [0.2, 0.25) is 0 Å². The molecular weight excluding hydrogens is 418 g/mol. The molecule has 1 N–H and O–H groups in total. The van der Waals surface area contributed by atoms with E-state index in [2.05, 4.69) is 41.9 Å². The van der Waals surface area contributed by atoms with Crippen LogP contribution in [0.3, 0.4) is 0 Å². The van der Waals surface area contributed by atoms with Crippen LogP contribution in [0.1, 0.15) is 33.6 Å². The summed E-state index contributed by atoms with van der Waals surface area (Å²) in [7, 11) is 0. The van der Waals surface area contributed by atoms with E-state index in [0.29, 0.717) is 5.69 Å². The number of rotatable bonds is 3. The van der Waals surface area contributed by atoms with Gasteiger partial charge in [0.05, 0.1) is 5.69 Å². The Labute approximate surface area is 193 Å². The first-order chi connectivity index (χ1) is 15.2. The number of nitrogens with one attached hydrogen (secondary N) is 1. The molecule has 0 radical (unpaired) electrons. The van der Waals surface area contributed by atoms with Gasteiger partial charge in [-0.1, -0.05) is 23.8 Å². The van der Waals surface area contributed by atoms with Crippen LogP contribution in [-0.4, -0.2) is 21.5 Å². The van der Waals surface area contributed by atoms with Gasteiger partial charge < -0.3 is 4.57 Å². The highest BCUT2D eigenvalue weighted by Gasteiger charge is 2.34. The first kappa shape index (κ1) is 21.7. The lowest BCUT2D eigenvalue weighted by Gasteiger charge is -2.29. The molecule has 0 atom stereocenters. The van der Waals surface area contributed by atoms with E-state index in [1.165, 1.54) is 16.0 Å². The fourth-order valence-corrected chi connectivity index (χ4v) is 4.22. The van der Waals surface area contributed by atoms with Crippen LogP contribution in [-0.2, 0) is 9.59 Å². The van der Waals surface area contributed by atoms with Crippen LogP contribution in [0, 0.1) is 34.6 Å². The van der Waals surface area contributed by atoms with Crippen LogP contribution in [0.5, 0.6) is 0 Å². The molecule has 162 valence electrons. The van der Waals surface area contributed by atoms with Crippen molar-refractivity contribution < 1.29 is 9.59 Å². The van der Waals surface area contributed by atoms with Crippen LogP contribution in [0.4, 0.5) is 5.69 Å². The van der Waals surface area contributed by atoms with Crippen molar-refractivity contribution in [2.45, 2.75) is 34.6 Å². The van der Waals surface area contributed by atoms with E-state index in [9.17, 15) is 9.59 Å². The third-order valence-electron chi connectivity index (χ3n) is 5.91. The van der Waals surface area contributed by atoms with E-state index in [1.54, 1.807) is 6.08 Å². The van der Waals surface area contributed by atoms with E-state index < -0.39 is 11.8 Å². The smallest absolute Gasteiger partial charge is 0.270 e. The summed E-state index contributed by atoms with van der Waals surface area (Å²) >= 11 is 5.29. The topological polar surface area (TPSA) is 54.3 Å². The predicted molar refractivity (Wildman–Crippen MR) is 132 cm³/mol. The molecule has 0 spiro atoms. The Morgan fingerprint density at radius 3 is 2.16 bits per heavy atom. The molecule has 2 heterocycles. The van der Waals surface area contributed by atoms with Gasteiger partial charge in [0.15, 0.2) is 5.11 Å². The lowest BCUT2D eigenvalue weighted by Crippen LogP contribution is -2.54. The standard InChI is InChI=1S/C26H25N3O2S/c1-15-6-9-21(10-7-15)29-25(31)23(24(30)27-26(29)32)14-20-13-18(4)28(19(20)5)22-11-8-16(2)17(3)12-22/h6-14H,1-5H3,(H,27,30,32)/b23-14+. The molecule has 2 amide bonds. The molecule has 32 heavy (non-hydrogen) atoms. The first-order valence-electron chi connectivity index (χ1n) is 10.4. The minimum Gasteiger partial charge on any atom is -0.318 e. The largest absolute Gasteiger partial charge is 0.318 e. The van der Waals surface area contributed by atoms with E-state index in [-0.39, 0.29) is 10.7 Å². The van der Waals surface area contributed by atoms with Crippen molar-refractivity contribution in [1.29, 1.82) is 0 Å². The molecule has 0 bridgehead atoms. The van der Waals surface area contributed by atoms with Crippen LogP contribution in [0.25, 0.3) is 11.8 Å². The zero-order chi connectivity index (χ0) is 23.2. The van der Waals surface area contributed by atoms with E-state index in [4.69, 9.17) is 12.2 Å². The molecule has 6 heteroatoms. The highest BCUT2D eigenvalue weighted by molar-refractivity contribution is 7.80. The van der Waals surface area contributed by atoms with E-state index >= 15 is 0 Å². The molecule has 1 aliphatic heterocycles. The normalized spacial score (nSPS) is 15.5. The van der Waals surface area contributed by atoms with Crippen molar-refractivity contribution in [3.63, 3.8) is 0 Å². The van der Waals surface area contributed by atoms with Gasteiger partial charge in [0.1, 0.15) is 5.57 Å². The minimum absolute atomic E-state index is 0.0551. The number of anilines is 1. The van der Waals surface area contributed by atoms with Crippen LogP contribution in [0.15, 0.2) is 54.1 Å². The Hall–Kier alpha value is -3.51. The maximum Gasteiger partial charge on any atom is 0.270 e. The highest BCUT2D eigenvalue weighted by atomic mass is 32.1. The molecule has 1 saturated heterocycles. The van der Waals surface area contributed by atoms with Crippen molar-refractivity contribution in [3.8, 4) is 5.69 Å². The van der Waals surface area contributed by atoms with Gasteiger partial charge in [-0.2, -0.15) is 0 Å². The number of hydrogen-bond acceptors (Lipinski definition) is 3.